The molecule has 0 spiro atoms. The van der Waals surface area contributed by atoms with Gasteiger partial charge in [-0.25, -0.2) is 8.42 Å². The fourth-order valence-electron chi connectivity index (χ4n) is 4.54. The third-order valence-electron chi connectivity index (χ3n) is 6.37. The van der Waals surface area contributed by atoms with Gasteiger partial charge in [-0.3, -0.25) is 14.4 Å². The Balaban J connectivity index is 1.42. The van der Waals surface area contributed by atoms with Gasteiger partial charge in [0.25, 0.3) is 5.91 Å². The smallest absolute Gasteiger partial charge is 0.257 e. The van der Waals surface area contributed by atoms with Gasteiger partial charge in [-0.2, -0.15) is 5.10 Å². The van der Waals surface area contributed by atoms with Gasteiger partial charge < -0.3 is 4.90 Å². The molecule has 2 saturated heterocycles. The van der Waals surface area contributed by atoms with Gasteiger partial charge in [0.1, 0.15) is 0 Å². The standard InChI is InChI=1S/C22H30N4O3S/c1-16-4-6-19(7-5-16)14-26-18(3)21(17(2)23-26)22(27)25-11-9-24(10-12-25)20-8-13-30(28,29)15-20/h4-7,20H,8-15H2,1-3H3. The first-order valence-corrected chi connectivity index (χ1v) is 12.4. The molecule has 162 valence electrons. The Morgan fingerprint density at radius 2 is 1.73 bits per heavy atom. The lowest BCUT2D eigenvalue weighted by atomic mass is 10.1. The third-order valence-corrected chi connectivity index (χ3v) is 8.12. The molecule has 0 N–H and O–H groups in total. The van der Waals surface area contributed by atoms with Crippen molar-refractivity contribution in [1.82, 2.24) is 19.6 Å². The molecule has 2 fully saturated rings. The number of sulfone groups is 1. The number of amides is 1. The van der Waals surface area contributed by atoms with Crippen LogP contribution in [-0.2, 0) is 16.4 Å². The van der Waals surface area contributed by atoms with E-state index in [1.807, 2.05) is 23.4 Å². The quantitative estimate of drug-likeness (QED) is 0.739. The number of hydrogen-bond donors (Lipinski definition) is 0. The van der Waals surface area contributed by atoms with Crippen LogP contribution in [0.5, 0.6) is 0 Å². The van der Waals surface area contributed by atoms with E-state index in [9.17, 15) is 13.2 Å². The molecule has 7 nitrogen and oxygen atoms in total. The van der Waals surface area contributed by atoms with E-state index in [2.05, 4.69) is 41.2 Å². The van der Waals surface area contributed by atoms with Crippen LogP contribution in [0.4, 0.5) is 0 Å². The summed E-state index contributed by atoms with van der Waals surface area (Å²) in [6, 6.07) is 8.46. The van der Waals surface area contributed by atoms with E-state index >= 15 is 0 Å². The normalized spacial score (nSPS) is 21.8. The molecule has 30 heavy (non-hydrogen) atoms. The van der Waals surface area contributed by atoms with Crippen molar-refractivity contribution in [1.29, 1.82) is 0 Å². The molecule has 8 heteroatoms. The predicted octanol–water partition coefficient (Wildman–Crippen LogP) is 1.80. The first-order valence-electron chi connectivity index (χ1n) is 10.6. The molecule has 1 unspecified atom stereocenters. The monoisotopic (exact) mass is 430 g/mol. The van der Waals surface area contributed by atoms with Gasteiger partial charge in [0.2, 0.25) is 0 Å². The molecule has 4 rings (SSSR count). The number of benzene rings is 1. The highest BCUT2D eigenvalue weighted by Gasteiger charge is 2.35. The molecule has 1 aromatic carbocycles. The zero-order chi connectivity index (χ0) is 21.5. The molecule has 1 amide bonds. The Morgan fingerprint density at radius 1 is 1.07 bits per heavy atom. The highest BCUT2D eigenvalue weighted by molar-refractivity contribution is 7.91. The van der Waals surface area contributed by atoms with E-state index < -0.39 is 9.84 Å². The van der Waals surface area contributed by atoms with Crippen LogP contribution in [0.3, 0.4) is 0 Å². The van der Waals surface area contributed by atoms with E-state index in [1.54, 1.807) is 0 Å². The second-order valence-electron chi connectivity index (χ2n) is 8.57. The van der Waals surface area contributed by atoms with Gasteiger partial charge in [0.15, 0.2) is 9.84 Å². The summed E-state index contributed by atoms with van der Waals surface area (Å²) in [5, 5.41) is 4.63. The van der Waals surface area contributed by atoms with E-state index in [4.69, 9.17) is 0 Å². The second kappa shape index (κ2) is 8.15. The number of rotatable bonds is 4. The van der Waals surface area contributed by atoms with Crippen LogP contribution in [0.1, 0.15) is 39.3 Å². The topological polar surface area (TPSA) is 75.5 Å². The summed E-state index contributed by atoms with van der Waals surface area (Å²) in [5.41, 5.74) is 4.72. The van der Waals surface area contributed by atoms with Crippen molar-refractivity contribution in [2.24, 2.45) is 0 Å². The van der Waals surface area contributed by atoms with Crippen LogP contribution in [0, 0.1) is 20.8 Å². The summed E-state index contributed by atoms with van der Waals surface area (Å²) in [6.45, 7) is 9.25. The Kier molecular flexibility index (Phi) is 5.72. The van der Waals surface area contributed by atoms with Crippen LogP contribution >= 0.6 is 0 Å². The second-order valence-corrected chi connectivity index (χ2v) is 10.8. The molecule has 2 aliphatic rings. The summed E-state index contributed by atoms with van der Waals surface area (Å²) < 4.78 is 25.4. The lowest BCUT2D eigenvalue weighted by molar-refractivity contribution is 0.0586. The maximum atomic E-state index is 13.2. The van der Waals surface area contributed by atoms with Crippen LogP contribution < -0.4 is 0 Å². The Hall–Kier alpha value is -2.19. The molecule has 0 saturated carbocycles. The number of piperazine rings is 1. The van der Waals surface area contributed by atoms with Crippen LogP contribution in [-0.4, -0.2) is 77.6 Å². The van der Waals surface area contributed by atoms with Gasteiger partial charge in [0.05, 0.1) is 29.3 Å². The molecule has 2 aromatic rings. The average molecular weight is 431 g/mol. The average Bonchev–Trinajstić information content (AvgIpc) is 3.21. The maximum Gasteiger partial charge on any atom is 0.257 e. The fourth-order valence-corrected chi connectivity index (χ4v) is 6.30. The number of aromatic nitrogens is 2. The van der Waals surface area contributed by atoms with Gasteiger partial charge in [-0.15, -0.1) is 0 Å². The molecular weight excluding hydrogens is 400 g/mol. The molecule has 0 aliphatic carbocycles. The van der Waals surface area contributed by atoms with E-state index in [0.717, 1.165) is 30.0 Å². The molecule has 3 heterocycles. The lowest BCUT2D eigenvalue weighted by Crippen LogP contribution is -2.52. The fraction of sp³-hybridized carbons (Fsp3) is 0.545. The number of hydrogen-bond acceptors (Lipinski definition) is 5. The molecule has 2 aliphatic heterocycles. The minimum atomic E-state index is -2.89. The van der Waals surface area contributed by atoms with Gasteiger partial charge in [0, 0.05) is 37.9 Å². The number of carbonyl (C=O) groups is 1. The Labute approximate surface area is 178 Å². The lowest BCUT2D eigenvalue weighted by Gasteiger charge is -2.37. The Morgan fingerprint density at radius 3 is 2.33 bits per heavy atom. The SMILES string of the molecule is Cc1ccc(Cn2nc(C)c(C(=O)N3CCN(C4CCS(=O)(=O)C4)CC3)c2C)cc1. The van der Waals surface area contributed by atoms with Crippen molar-refractivity contribution < 1.29 is 13.2 Å². The number of nitrogens with zero attached hydrogens (tertiary/aromatic N) is 4. The summed E-state index contributed by atoms with van der Waals surface area (Å²) in [4.78, 5) is 17.4. The molecule has 0 radical (unpaired) electrons. The van der Waals surface area contributed by atoms with Crippen LogP contribution in [0.2, 0.25) is 0 Å². The van der Waals surface area contributed by atoms with Crippen molar-refractivity contribution in [2.45, 2.75) is 39.8 Å². The highest BCUT2D eigenvalue weighted by atomic mass is 32.2. The summed E-state index contributed by atoms with van der Waals surface area (Å²) in [7, 11) is -2.89. The predicted molar refractivity (Wildman–Crippen MR) is 117 cm³/mol. The highest BCUT2D eigenvalue weighted by Crippen LogP contribution is 2.22. The first-order chi connectivity index (χ1) is 14.2. The van der Waals surface area contributed by atoms with Gasteiger partial charge >= 0.3 is 0 Å². The number of carbonyl (C=O) groups excluding carboxylic acids is 1. The summed E-state index contributed by atoms with van der Waals surface area (Å²) in [5.74, 6) is 0.569. The minimum absolute atomic E-state index is 0.0267. The van der Waals surface area contributed by atoms with E-state index in [0.29, 0.717) is 31.6 Å². The van der Waals surface area contributed by atoms with E-state index in [1.165, 1.54) is 5.56 Å². The third kappa shape index (κ3) is 4.30. The zero-order valence-electron chi connectivity index (χ0n) is 18.0. The van der Waals surface area contributed by atoms with Crippen molar-refractivity contribution in [3.63, 3.8) is 0 Å². The molecule has 1 atom stereocenters. The zero-order valence-corrected chi connectivity index (χ0v) is 18.8. The largest absolute Gasteiger partial charge is 0.336 e. The minimum Gasteiger partial charge on any atom is -0.336 e. The van der Waals surface area contributed by atoms with E-state index in [-0.39, 0.29) is 23.5 Å². The van der Waals surface area contributed by atoms with Gasteiger partial charge in [-0.1, -0.05) is 29.8 Å². The molecule has 0 bridgehead atoms. The van der Waals surface area contributed by atoms with Crippen LogP contribution in [0.15, 0.2) is 24.3 Å². The number of aryl methyl sites for hydroxylation is 2. The molecular formula is C22H30N4O3S. The van der Waals surface area contributed by atoms with Crippen molar-refractivity contribution in [3.8, 4) is 0 Å². The van der Waals surface area contributed by atoms with Crippen molar-refractivity contribution >= 4 is 15.7 Å². The molecule has 1 aromatic heterocycles. The summed E-state index contributed by atoms with van der Waals surface area (Å²) >= 11 is 0. The van der Waals surface area contributed by atoms with Crippen LogP contribution in [0.25, 0.3) is 0 Å². The maximum absolute atomic E-state index is 13.2. The first kappa shape index (κ1) is 21.1. The van der Waals surface area contributed by atoms with Crippen molar-refractivity contribution in [3.05, 3.63) is 52.3 Å². The summed E-state index contributed by atoms with van der Waals surface area (Å²) in [6.07, 6.45) is 0.709. The van der Waals surface area contributed by atoms with Crippen molar-refractivity contribution in [2.75, 3.05) is 37.7 Å². The Bertz CT molecular complexity index is 1040. The van der Waals surface area contributed by atoms with Gasteiger partial charge in [-0.05, 0) is 32.8 Å².